The number of nitrogens with one attached hydrogen (secondary N) is 8. The van der Waals surface area contributed by atoms with Gasteiger partial charge in [-0.25, -0.2) is 0 Å². The monoisotopic (exact) mass is 1040 g/mol. The Hall–Kier alpha value is -7.01. The molecule has 4 rings (SSSR count). The molecule has 0 aliphatic carbocycles. The lowest BCUT2D eigenvalue weighted by atomic mass is 9.99. The van der Waals surface area contributed by atoms with Crippen LogP contribution in [0.15, 0.2) is 85.1 Å². The van der Waals surface area contributed by atoms with Crippen LogP contribution in [0.5, 0.6) is 5.75 Å². The van der Waals surface area contributed by atoms with Crippen LogP contribution in [0.4, 0.5) is 0 Å². The SMILES string of the molecule is CC(C)[C@H](NC(=O)[C@H](CS)NC(=O)[C@H](Cc1ccc(O)cc1)NC(=O)[C@H](CCCCN)NC(=O)[C@H](Cc1c[nH]c2ccccc12)NC(=O)[C@H](Cc1ccccc1)NC(=O)[C@@H](NC(=O)[C@@H](N)[C@@H](C)O)C(C)C)C(N)=O. The summed E-state index contributed by atoms with van der Waals surface area (Å²) in [5, 5.41) is 39.6. The number of carbonyl (C=O) groups is 8. The highest BCUT2D eigenvalue weighted by atomic mass is 32.1. The minimum absolute atomic E-state index is 0.0369. The van der Waals surface area contributed by atoms with Gasteiger partial charge in [-0.1, -0.05) is 88.4 Å². The normalized spacial score (nSPS) is 15.0. The van der Waals surface area contributed by atoms with E-state index in [1.165, 1.54) is 19.1 Å². The van der Waals surface area contributed by atoms with Crippen molar-refractivity contribution in [2.45, 2.75) is 128 Å². The Morgan fingerprint density at radius 1 is 0.568 bits per heavy atom. The molecule has 16 N–H and O–H groups in total. The van der Waals surface area contributed by atoms with Crippen LogP contribution in [0.25, 0.3) is 10.9 Å². The van der Waals surface area contributed by atoms with Crippen molar-refractivity contribution in [3.8, 4) is 5.75 Å². The van der Waals surface area contributed by atoms with Crippen LogP contribution in [-0.2, 0) is 57.6 Å². The number of unbranched alkanes of at least 4 members (excludes halogenated alkanes) is 1. The van der Waals surface area contributed by atoms with Crippen molar-refractivity contribution >= 4 is 70.8 Å². The number of aliphatic hydroxyl groups excluding tert-OH is 1. The van der Waals surface area contributed by atoms with Crippen molar-refractivity contribution in [2.75, 3.05) is 12.3 Å². The first-order chi connectivity index (χ1) is 35.1. The van der Waals surface area contributed by atoms with Crippen LogP contribution >= 0.6 is 12.6 Å². The van der Waals surface area contributed by atoms with Gasteiger partial charge in [0.1, 0.15) is 54.1 Å². The summed E-state index contributed by atoms with van der Waals surface area (Å²) < 4.78 is 0. The summed E-state index contributed by atoms with van der Waals surface area (Å²) >= 11 is 4.27. The number of phenolic OH excluding ortho intramolecular Hbond substituents is 1. The second-order valence-corrected chi connectivity index (χ2v) is 19.4. The number of nitrogens with two attached hydrogens (primary N) is 3. The summed E-state index contributed by atoms with van der Waals surface area (Å²) in [5.74, 6) is -7.32. The van der Waals surface area contributed by atoms with E-state index in [9.17, 15) is 48.6 Å². The number of primary amides is 1. The van der Waals surface area contributed by atoms with E-state index in [0.717, 1.165) is 10.9 Å². The minimum atomic E-state index is -1.38. The number of hydrogen-bond acceptors (Lipinski definition) is 13. The van der Waals surface area contributed by atoms with Crippen LogP contribution in [-0.4, -0.2) is 129 Å². The molecule has 21 nitrogen and oxygen atoms in total. The predicted molar refractivity (Wildman–Crippen MR) is 283 cm³/mol. The molecule has 3 aromatic carbocycles. The molecule has 0 unspecified atom stereocenters. The third kappa shape index (κ3) is 17.9. The van der Waals surface area contributed by atoms with E-state index in [1.54, 1.807) is 76.4 Å². The van der Waals surface area contributed by atoms with E-state index >= 15 is 0 Å². The van der Waals surface area contributed by atoms with Crippen LogP contribution in [0, 0.1) is 11.8 Å². The van der Waals surface area contributed by atoms with Crippen LogP contribution in [0.3, 0.4) is 0 Å². The topological polar surface area (TPSA) is 355 Å². The van der Waals surface area contributed by atoms with Gasteiger partial charge in [-0.2, -0.15) is 12.6 Å². The van der Waals surface area contributed by atoms with Gasteiger partial charge in [0.15, 0.2) is 0 Å². The Balaban J connectivity index is 1.70. The molecule has 4 aromatic rings. The summed E-state index contributed by atoms with van der Waals surface area (Å²) in [5.41, 5.74) is 19.8. The van der Waals surface area contributed by atoms with Crippen molar-refractivity contribution in [3.63, 3.8) is 0 Å². The highest BCUT2D eigenvalue weighted by Gasteiger charge is 2.36. The number of hydrogen-bond donors (Lipinski definition) is 14. The van der Waals surface area contributed by atoms with E-state index in [4.69, 9.17) is 17.2 Å². The van der Waals surface area contributed by atoms with E-state index in [2.05, 4.69) is 54.8 Å². The van der Waals surface area contributed by atoms with Crippen molar-refractivity contribution < 1.29 is 48.6 Å². The number of carbonyl (C=O) groups excluding carboxylic acids is 8. The number of amides is 8. The summed E-state index contributed by atoms with van der Waals surface area (Å²) in [4.78, 5) is 114. The van der Waals surface area contributed by atoms with E-state index < -0.39 is 108 Å². The number of H-pyrrole nitrogens is 1. The molecule has 402 valence electrons. The number of thiol groups is 1. The first-order valence-electron chi connectivity index (χ1n) is 24.7. The lowest BCUT2D eigenvalue weighted by Gasteiger charge is -2.29. The van der Waals surface area contributed by atoms with Crippen molar-refractivity contribution in [2.24, 2.45) is 29.0 Å². The Labute approximate surface area is 436 Å². The highest BCUT2D eigenvalue weighted by Crippen LogP contribution is 2.20. The third-order valence-electron chi connectivity index (χ3n) is 12.4. The molecule has 8 amide bonds. The second-order valence-electron chi connectivity index (χ2n) is 19.0. The fourth-order valence-corrected chi connectivity index (χ4v) is 8.25. The number of fused-ring (bicyclic) bond motifs is 1. The van der Waals surface area contributed by atoms with Crippen molar-refractivity contribution in [1.29, 1.82) is 0 Å². The van der Waals surface area contributed by atoms with Gasteiger partial charge in [0, 0.05) is 42.1 Å². The summed E-state index contributed by atoms with van der Waals surface area (Å²) in [6, 6.07) is 11.8. The standard InChI is InChI=1S/C52H73N11O10S/c1-28(2)43(45(55)66)62-50(71)41(27-74)61-48(69)38(24-32-18-20-34(65)21-19-32)58-46(67)37(17-11-12-22-53)57-49(70)40(25-33-26-56-36-16-10-9-15-35(33)36)59-47(68)39(23-31-13-7-6-8-14-31)60-52(73)44(29(3)4)63-51(72)42(54)30(5)64/h6-10,13-16,18-21,26,28-30,37-44,56,64-65,74H,11-12,17,22-25,27,53-54H2,1-5H3,(H2,55,66)(H,57,70)(H,58,67)(H,59,68)(H,60,73)(H,61,69)(H,62,71)(H,63,72)/t30-,37+,38+,39+,40+,41+,42+,43+,44+/m1/s1. The lowest BCUT2D eigenvalue weighted by Crippen LogP contribution is -2.61. The Morgan fingerprint density at radius 3 is 1.58 bits per heavy atom. The maximum atomic E-state index is 14.8. The Bertz CT molecular complexity index is 2520. The summed E-state index contributed by atoms with van der Waals surface area (Å²) in [6.45, 7) is 8.33. The number of aliphatic hydroxyl groups is 1. The van der Waals surface area contributed by atoms with Gasteiger partial charge in [0.2, 0.25) is 47.3 Å². The summed E-state index contributed by atoms with van der Waals surface area (Å²) in [7, 11) is 0. The number of aromatic hydroxyl groups is 1. The minimum Gasteiger partial charge on any atom is -0.508 e. The predicted octanol–water partition coefficient (Wildman–Crippen LogP) is -0.141. The fraction of sp³-hybridized carbons (Fsp3) is 0.462. The van der Waals surface area contributed by atoms with E-state index in [1.807, 2.05) is 24.3 Å². The largest absolute Gasteiger partial charge is 0.508 e. The highest BCUT2D eigenvalue weighted by molar-refractivity contribution is 7.80. The molecule has 0 saturated heterocycles. The molecule has 0 spiro atoms. The van der Waals surface area contributed by atoms with Gasteiger partial charge in [-0.05, 0) is 79.5 Å². The van der Waals surface area contributed by atoms with Gasteiger partial charge in [0.05, 0.1) is 6.10 Å². The molecule has 0 bridgehead atoms. The zero-order valence-electron chi connectivity index (χ0n) is 42.4. The molecule has 9 atom stereocenters. The van der Waals surface area contributed by atoms with E-state index in [-0.39, 0.29) is 49.6 Å². The molecular formula is C52H73N11O10S. The average Bonchev–Trinajstić information content (AvgIpc) is 3.77. The van der Waals surface area contributed by atoms with Crippen LogP contribution in [0.2, 0.25) is 0 Å². The molecule has 1 heterocycles. The average molecular weight is 1040 g/mol. The molecular weight excluding hydrogens is 971 g/mol. The molecule has 22 heteroatoms. The number of phenols is 1. The quantitative estimate of drug-likeness (QED) is 0.0250. The zero-order valence-corrected chi connectivity index (χ0v) is 43.3. The second kappa shape index (κ2) is 29.0. The number of benzene rings is 3. The number of rotatable bonds is 29. The fourth-order valence-electron chi connectivity index (χ4n) is 8.00. The number of aromatic nitrogens is 1. The first-order valence-corrected chi connectivity index (χ1v) is 25.3. The maximum Gasteiger partial charge on any atom is 0.244 e. The molecule has 0 aliphatic heterocycles. The van der Waals surface area contributed by atoms with Gasteiger partial charge in [-0.15, -0.1) is 0 Å². The third-order valence-corrected chi connectivity index (χ3v) is 12.8. The van der Waals surface area contributed by atoms with Crippen molar-refractivity contribution in [3.05, 3.63) is 102 Å². The molecule has 0 fully saturated rings. The van der Waals surface area contributed by atoms with Crippen molar-refractivity contribution in [1.82, 2.24) is 42.2 Å². The van der Waals surface area contributed by atoms with Crippen LogP contribution in [0.1, 0.15) is 70.6 Å². The van der Waals surface area contributed by atoms with Gasteiger partial charge >= 0.3 is 0 Å². The molecule has 1 aromatic heterocycles. The molecule has 0 aliphatic rings. The molecule has 0 saturated carbocycles. The number of para-hydroxylation sites is 1. The first kappa shape index (κ1) is 59.6. The van der Waals surface area contributed by atoms with Gasteiger partial charge < -0.3 is 69.6 Å². The van der Waals surface area contributed by atoms with Crippen LogP contribution < -0.4 is 54.4 Å². The van der Waals surface area contributed by atoms with Gasteiger partial charge in [-0.3, -0.25) is 38.4 Å². The Kier molecular flexibility index (Phi) is 23.4. The Morgan fingerprint density at radius 2 is 1.04 bits per heavy atom. The maximum absolute atomic E-state index is 14.8. The van der Waals surface area contributed by atoms with E-state index in [0.29, 0.717) is 29.5 Å². The van der Waals surface area contributed by atoms with Gasteiger partial charge in [0.25, 0.3) is 0 Å². The summed E-state index contributed by atoms with van der Waals surface area (Å²) in [6.07, 6.45) is 1.04. The number of aromatic amines is 1. The lowest BCUT2D eigenvalue weighted by molar-refractivity contribution is -0.136. The smallest absolute Gasteiger partial charge is 0.244 e. The molecule has 0 radical (unpaired) electrons. The molecule has 74 heavy (non-hydrogen) atoms. The zero-order chi connectivity index (χ0) is 54.6.